The zero-order valence-corrected chi connectivity index (χ0v) is 27.6. The summed E-state index contributed by atoms with van der Waals surface area (Å²) in [4.78, 5) is 12.2. The van der Waals surface area contributed by atoms with Gasteiger partial charge in [0.25, 0.3) is 0 Å². The highest BCUT2D eigenvalue weighted by Gasteiger charge is 2.33. The van der Waals surface area contributed by atoms with Crippen LogP contribution in [0.2, 0.25) is 10.1 Å². The molecule has 5 heteroatoms. The molecule has 0 N–H and O–H groups in total. The monoisotopic (exact) mass is 526 g/mol. The number of carbonyl (C=O) groups is 1. The van der Waals surface area contributed by atoms with Crippen LogP contribution < -0.4 is 0 Å². The lowest BCUT2D eigenvalue weighted by Gasteiger charge is -2.38. The quantitative estimate of drug-likeness (QED) is 0.230. The topological polar surface area (TPSA) is 35.5 Å². The number of ketones is 1. The van der Waals surface area contributed by atoms with E-state index >= 15 is 0 Å². The fourth-order valence-corrected chi connectivity index (χ4v) is 6.01. The summed E-state index contributed by atoms with van der Waals surface area (Å²) in [5.41, 5.74) is 5.02. The molecule has 2 aromatic rings. The summed E-state index contributed by atoms with van der Waals surface area (Å²) in [5.74, 6) is 0.200. The summed E-state index contributed by atoms with van der Waals surface area (Å²) in [5, 5.41) is 0.456. The first-order valence-electron chi connectivity index (χ1n) is 13.5. The van der Waals surface area contributed by atoms with Gasteiger partial charge in [0, 0.05) is 12.0 Å². The highest BCUT2D eigenvalue weighted by Crippen LogP contribution is 2.39. The van der Waals surface area contributed by atoms with Gasteiger partial charge in [0.15, 0.2) is 25.3 Å². The Bertz CT molecular complexity index is 1030. The average molecular weight is 527 g/mol. The van der Waals surface area contributed by atoms with Gasteiger partial charge in [-0.3, -0.25) is 4.79 Å². The molecule has 0 aliphatic rings. The minimum absolute atomic E-state index is 0.200. The Hall–Kier alpha value is -1.54. The molecular formula is C31H50O3Si2. The Morgan fingerprint density at radius 2 is 1.19 bits per heavy atom. The molecule has 0 spiro atoms. The maximum atomic E-state index is 12.2. The number of aryl methyl sites for hydroxylation is 2. The van der Waals surface area contributed by atoms with Gasteiger partial charge >= 0.3 is 0 Å². The molecule has 0 saturated heterocycles. The predicted molar refractivity (Wildman–Crippen MR) is 160 cm³/mol. The SMILES string of the molecule is CCC(=O)c1cccc(CCc2ccc(C(C)(C)O[SiH2]C(C)(C)C)c(C(C)(C)O[SiH2]C(C)(C)C)c2)c1. The summed E-state index contributed by atoms with van der Waals surface area (Å²) in [7, 11) is -1.46. The minimum atomic E-state index is -0.737. The average Bonchev–Trinajstić information content (AvgIpc) is 2.79. The lowest BCUT2D eigenvalue weighted by molar-refractivity contribution is 0.0829. The van der Waals surface area contributed by atoms with Gasteiger partial charge < -0.3 is 8.85 Å². The lowest BCUT2D eigenvalue weighted by atomic mass is 9.84. The minimum Gasteiger partial charge on any atom is -0.415 e. The summed E-state index contributed by atoms with van der Waals surface area (Å²) < 4.78 is 13.3. The molecule has 0 radical (unpaired) electrons. The second-order valence-corrected chi connectivity index (χ2v) is 19.0. The molecule has 3 nitrogen and oxygen atoms in total. The van der Waals surface area contributed by atoms with Crippen LogP contribution in [-0.4, -0.2) is 25.3 Å². The van der Waals surface area contributed by atoms with Gasteiger partial charge in [-0.25, -0.2) is 0 Å². The van der Waals surface area contributed by atoms with Crippen molar-refractivity contribution in [3.05, 3.63) is 70.3 Å². The summed E-state index contributed by atoms with van der Waals surface area (Å²) >= 11 is 0. The highest BCUT2D eigenvalue weighted by molar-refractivity contribution is 6.32. The fourth-order valence-electron chi connectivity index (χ4n) is 4.11. The van der Waals surface area contributed by atoms with Crippen molar-refractivity contribution in [2.75, 3.05) is 0 Å². The van der Waals surface area contributed by atoms with Crippen LogP contribution in [0.5, 0.6) is 0 Å². The van der Waals surface area contributed by atoms with E-state index in [0.29, 0.717) is 6.42 Å². The van der Waals surface area contributed by atoms with Gasteiger partial charge in [0.2, 0.25) is 0 Å². The van der Waals surface area contributed by atoms with E-state index in [1.165, 1.54) is 22.3 Å². The second-order valence-electron chi connectivity index (χ2n) is 13.6. The van der Waals surface area contributed by atoms with Crippen molar-refractivity contribution in [1.29, 1.82) is 0 Å². The molecule has 0 fully saturated rings. The van der Waals surface area contributed by atoms with Crippen LogP contribution in [0.1, 0.15) is 115 Å². The number of Topliss-reactive ketones (excluding diaryl/α,β-unsaturated/α-hetero) is 1. The Labute approximate surface area is 225 Å². The summed E-state index contributed by atoms with van der Waals surface area (Å²) in [6.45, 7) is 24.4. The smallest absolute Gasteiger partial charge is 0.168 e. The molecule has 0 bridgehead atoms. The first-order valence-corrected chi connectivity index (χ1v) is 16.0. The number of benzene rings is 2. The van der Waals surface area contributed by atoms with Crippen LogP contribution in [0.3, 0.4) is 0 Å². The van der Waals surface area contributed by atoms with E-state index in [-0.39, 0.29) is 27.1 Å². The van der Waals surface area contributed by atoms with Crippen molar-refractivity contribution >= 4 is 25.3 Å². The molecule has 0 heterocycles. The van der Waals surface area contributed by atoms with Crippen LogP contribution in [0.25, 0.3) is 0 Å². The van der Waals surface area contributed by atoms with Crippen molar-refractivity contribution in [3.63, 3.8) is 0 Å². The molecule has 200 valence electrons. The zero-order valence-electron chi connectivity index (χ0n) is 24.8. The van der Waals surface area contributed by atoms with Gasteiger partial charge in [0.1, 0.15) is 0 Å². The number of hydrogen-bond donors (Lipinski definition) is 0. The van der Waals surface area contributed by atoms with Crippen LogP contribution >= 0.6 is 0 Å². The highest BCUT2D eigenvalue weighted by atomic mass is 28.2. The molecule has 0 saturated carbocycles. The fraction of sp³-hybridized carbons (Fsp3) is 0.581. The van der Waals surface area contributed by atoms with E-state index in [2.05, 4.69) is 99.6 Å². The molecule has 0 aliphatic heterocycles. The largest absolute Gasteiger partial charge is 0.415 e. The first kappa shape index (κ1) is 30.7. The number of rotatable bonds is 11. The van der Waals surface area contributed by atoms with Gasteiger partial charge in [-0.1, -0.05) is 84.9 Å². The van der Waals surface area contributed by atoms with Crippen molar-refractivity contribution in [2.24, 2.45) is 0 Å². The standard InChI is InChI=1S/C31H50O3Si2/c1-12-27(32)24-15-13-14-22(20-24)16-17-23-18-19-25(30(8,9)33-35-28(2,3)4)26(21-23)31(10,11)34-36-29(5,6)7/h13-15,18-21H,12,16-17,35-36H2,1-11H3. The molecule has 0 atom stereocenters. The van der Waals surface area contributed by atoms with E-state index in [4.69, 9.17) is 8.85 Å². The molecule has 0 unspecified atom stereocenters. The van der Waals surface area contributed by atoms with E-state index in [1.54, 1.807) is 0 Å². The van der Waals surface area contributed by atoms with Crippen LogP contribution in [-0.2, 0) is 32.9 Å². The van der Waals surface area contributed by atoms with E-state index in [1.807, 2.05) is 19.1 Å². The molecular weight excluding hydrogens is 477 g/mol. The molecule has 0 aromatic heterocycles. The van der Waals surface area contributed by atoms with E-state index < -0.39 is 19.5 Å². The van der Waals surface area contributed by atoms with Gasteiger partial charge in [-0.15, -0.1) is 0 Å². The Balaban J connectivity index is 2.39. The molecule has 0 aliphatic carbocycles. The predicted octanol–water partition coefficient (Wildman–Crippen LogP) is 7.17. The van der Waals surface area contributed by atoms with Gasteiger partial charge in [-0.05, 0) is 78.9 Å². The molecule has 0 amide bonds. The second kappa shape index (κ2) is 11.9. The van der Waals surface area contributed by atoms with Crippen molar-refractivity contribution in [1.82, 2.24) is 0 Å². The van der Waals surface area contributed by atoms with Crippen LogP contribution in [0, 0.1) is 0 Å². The summed E-state index contributed by atoms with van der Waals surface area (Å²) in [6.07, 6.45) is 2.36. The van der Waals surface area contributed by atoms with E-state index in [9.17, 15) is 4.79 Å². The van der Waals surface area contributed by atoms with Crippen LogP contribution in [0.4, 0.5) is 0 Å². The van der Waals surface area contributed by atoms with Crippen molar-refractivity contribution in [3.8, 4) is 0 Å². The van der Waals surface area contributed by atoms with Gasteiger partial charge in [0.05, 0.1) is 11.2 Å². The third-order valence-electron chi connectivity index (χ3n) is 6.39. The van der Waals surface area contributed by atoms with E-state index in [0.717, 1.165) is 18.4 Å². The Morgan fingerprint density at radius 3 is 1.69 bits per heavy atom. The lowest BCUT2D eigenvalue weighted by Crippen LogP contribution is -2.34. The Morgan fingerprint density at radius 1 is 0.694 bits per heavy atom. The third kappa shape index (κ3) is 9.40. The van der Waals surface area contributed by atoms with Crippen LogP contribution in [0.15, 0.2) is 42.5 Å². The Kier molecular flexibility index (Phi) is 10.1. The maximum absolute atomic E-state index is 12.2. The summed E-state index contributed by atoms with van der Waals surface area (Å²) in [6, 6.07) is 15.0. The molecule has 36 heavy (non-hydrogen) atoms. The number of hydrogen-bond acceptors (Lipinski definition) is 3. The normalized spacial score (nSPS) is 13.9. The van der Waals surface area contributed by atoms with Crippen molar-refractivity contribution in [2.45, 2.75) is 117 Å². The van der Waals surface area contributed by atoms with Gasteiger partial charge in [-0.2, -0.15) is 0 Å². The third-order valence-corrected chi connectivity index (χ3v) is 9.85. The van der Waals surface area contributed by atoms with Crippen molar-refractivity contribution < 1.29 is 13.6 Å². The molecule has 2 rings (SSSR count). The first-order chi connectivity index (χ1) is 16.4. The molecule has 2 aromatic carbocycles. The number of carbonyl (C=O) groups excluding carboxylic acids is 1. The zero-order chi connectivity index (χ0) is 27.4. The maximum Gasteiger partial charge on any atom is 0.168 e.